The van der Waals surface area contributed by atoms with E-state index < -0.39 is 46.7 Å². The Labute approximate surface area is 129 Å². The average Bonchev–Trinajstić information content (AvgIpc) is 2.34. The number of benzene rings is 1. The Morgan fingerprint density at radius 2 is 1.24 bits per heavy atom. The van der Waals surface area contributed by atoms with E-state index in [1.54, 1.807) is 0 Å². The van der Waals surface area contributed by atoms with Crippen LogP contribution in [0, 0.1) is 10.1 Å². The van der Waals surface area contributed by atoms with Crippen LogP contribution in [0.1, 0.15) is 0 Å². The van der Waals surface area contributed by atoms with E-state index in [2.05, 4.69) is 9.47 Å². The quantitative estimate of drug-likeness (QED) is 0.416. The van der Waals surface area contributed by atoms with Crippen molar-refractivity contribution in [3.05, 3.63) is 28.3 Å². The Bertz CT molecular complexity index is 654. The van der Waals surface area contributed by atoms with Crippen LogP contribution < -0.4 is 9.47 Å². The minimum atomic E-state index is -6.35. The molecule has 1 rings (SSSR count). The highest BCUT2D eigenvalue weighted by atomic mass is 19.4. The van der Waals surface area contributed by atoms with Crippen molar-refractivity contribution >= 4 is 5.69 Å². The number of rotatable bonds is 5. The number of alkyl halides is 10. The Morgan fingerprint density at radius 1 is 0.800 bits per heavy atom. The molecule has 0 aromatic heterocycles. The molecule has 142 valence electrons. The van der Waals surface area contributed by atoms with Crippen LogP contribution in [0.4, 0.5) is 49.6 Å². The zero-order valence-corrected chi connectivity index (χ0v) is 11.1. The fraction of sp³-hybridized carbons (Fsp3) is 0.400. The van der Waals surface area contributed by atoms with Crippen LogP contribution in [0.2, 0.25) is 0 Å². The maximum atomic E-state index is 12.8. The molecule has 0 aliphatic carbocycles. The largest absolute Gasteiger partial charge is 0.499 e. The van der Waals surface area contributed by atoms with Gasteiger partial charge in [0.25, 0.3) is 0 Å². The molecule has 1 aromatic carbocycles. The summed E-state index contributed by atoms with van der Waals surface area (Å²) in [7, 11) is 0. The lowest BCUT2D eigenvalue weighted by Crippen LogP contribution is -2.42. The lowest BCUT2D eigenvalue weighted by molar-refractivity contribution is -0.393. The lowest BCUT2D eigenvalue weighted by Gasteiger charge is -2.22. The number of nitro benzene ring substituents is 1. The molecule has 0 saturated carbocycles. The Kier molecular flexibility index (Phi) is 5.02. The van der Waals surface area contributed by atoms with Crippen molar-refractivity contribution < 1.29 is 58.3 Å². The van der Waals surface area contributed by atoms with Gasteiger partial charge in [0.2, 0.25) is 5.75 Å². The first kappa shape index (κ1) is 20.6. The first-order chi connectivity index (χ1) is 11.0. The SMILES string of the molecule is O=[N+]([O-])c1ccc(OC(F)(F)C(F)(F)F)cc1OC(F)(F)C(F)(F)F. The van der Waals surface area contributed by atoms with Crippen LogP contribution in [-0.4, -0.2) is 29.5 Å². The number of hydrogen-bond donors (Lipinski definition) is 0. The van der Waals surface area contributed by atoms with E-state index in [0.717, 1.165) is 0 Å². The summed E-state index contributed by atoms with van der Waals surface area (Å²) in [6.45, 7) is 0. The highest BCUT2D eigenvalue weighted by Crippen LogP contribution is 2.43. The summed E-state index contributed by atoms with van der Waals surface area (Å²) >= 11 is 0. The van der Waals surface area contributed by atoms with Gasteiger partial charge in [-0.2, -0.15) is 43.9 Å². The van der Waals surface area contributed by atoms with Crippen LogP contribution in [0.3, 0.4) is 0 Å². The summed E-state index contributed by atoms with van der Waals surface area (Å²) in [4.78, 5) is 9.01. The van der Waals surface area contributed by atoms with Gasteiger partial charge in [0.05, 0.1) is 4.92 Å². The van der Waals surface area contributed by atoms with Crippen molar-refractivity contribution in [1.82, 2.24) is 0 Å². The maximum Gasteiger partial charge on any atom is 0.499 e. The van der Waals surface area contributed by atoms with E-state index in [1.807, 2.05) is 0 Å². The monoisotopic (exact) mass is 391 g/mol. The van der Waals surface area contributed by atoms with Gasteiger partial charge in [-0.1, -0.05) is 0 Å². The maximum absolute atomic E-state index is 12.8. The molecule has 0 fully saturated rings. The molecule has 25 heavy (non-hydrogen) atoms. The standard InChI is InChI=1S/C10H3F10NO4/c11-7(12,13)9(17,18)24-4-1-2-5(21(22)23)6(3-4)25-10(19,20)8(14,15)16/h1-3H. The number of nitrogens with zero attached hydrogens (tertiary/aromatic N) is 1. The number of hydrogen-bond acceptors (Lipinski definition) is 4. The van der Waals surface area contributed by atoms with E-state index in [-0.39, 0.29) is 18.2 Å². The zero-order chi connectivity index (χ0) is 19.8. The molecule has 0 aliphatic heterocycles. The molecule has 0 N–H and O–H groups in total. The molecule has 0 heterocycles. The molecule has 0 atom stereocenters. The molecule has 0 amide bonds. The lowest BCUT2D eigenvalue weighted by atomic mass is 10.2. The van der Waals surface area contributed by atoms with Crippen LogP contribution in [0.25, 0.3) is 0 Å². The molecule has 5 nitrogen and oxygen atoms in total. The molecule has 0 unspecified atom stereocenters. The number of nitro groups is 1. The molecular weight excluding hydrogens is 388 g/mol. The predicted molar refractivity (Wildman–Crippen MR) is 56.4 cm³/mol. The van der Waals surface area contributed by atoms with Gasteiger partial charge in [-0.15, -0.1) is 0 Å². The van der Waals surface area contributed by atoms with E-state index >= 15 is 0 Å². The molecule has 0 radical (unpaired) electrons. The van der Waals surface area contributed by atoms with Gasteiger partial charge in [-0.05, 0) is 6.07 Å². The minimum Gasteiger partial charge on any atom is -0.426 e. The summed E-state index contributed by atoms with van der Waals surface area (Å²) in [6, 6.07) is -0.169. The Hall–Kier alpha value is -2.48. The second-order valence-corrected chi connectivity index (χ2v) is 4.12. The van der Waals surface area contributed by atoms with Gasteiger partial charge < -0.3 is 9.47 Å². The van der Waals surface area contributed by atoms with Gasteiger partial charge >= 0.3 is 30.3 Å². The van der Waals surface area contributed by atoms with Crippen LogP contribution >= 0.6 is 0 Å². The molecular formula is C10H3F10NO4. The summed E-state index contributed by atoms with van der Waals surface area (Å²) in [5.41, 5.74) is -1.56. The van der Waals surface area contributed by atoms with Crippen molar-refractivity contribution in [2.45, 2.75) is 24.6 Å². The van der Waals surface area contributed by atoms with Crippen molar-refractivity contribution in [3.8, 4) is 11.5 Å². The third kappa shape index (κ3) is 4.54. The highest BCUT2D eigenvalue weighted by molar-refractivity contribution is 5.51. The van der Waals surface area contributed by atoms with Crippen LogP contribution in [0.5, 0.6) is 11.5 Å². The van der Waals surface area contributed by atoms with Gasteiger partial charge in [0.1, 0.15) is 5.75 Å². The third-order valence-corrected chi connectivity index (χ3v) is 2.27. The number of halogens is 10. The van der Waals surface area contributed by atoms with E-state index in [1.165, 1.54) is 0 Å². The first-order valence-corrected chi connectivity index (χ1v) is 5.53. The van der Waals surface area contributed by atoms with Crippen molar-refractivity contribution in [3.63, 3.8) is 0 Å². The molecule has 1 aromatic rings. The van der Waals surface area contributed by atoms with E-state index in [4.69, 9.17) is 0 Å². The zero-order valence-electron chi connectivity index (χ0n) is 11.1. The number of ether oxygens (including phenoxy) is 2. The van der Waals surface area contributed by atoms with E-state index in [9.17, 15) is 54.0 Å². The first-order valence-electron chi connectivity index (χ1n) is 5.53. The fourth-order valence-corrected chi connectivity index (χ4v) is 1.19. The summed E-state index contributed by atoms with van der Waals surface area (Å²) in [5.74, 6) is -3.55. The molecule has 15 heteroatoms. The fourth-order valence-electron chi connectivity index (χ4n) is 1.19. The Balaban J connectivity index is 3.30. The third-order valence-electron chi connectivity index (χ3n) is 2.27. The van der Waals surface area contributed by atoms with Crippen LogP contribution in [0.15, 0.2) is 18.2 Å². The average molecular weight is 391 g/mol. The summed E-state index contributed by atoms with van der Waals surface area (Å²) in [6.07, 6.45) is -24.5. The summed E-state index contributed by atoms with van der Waals surface area (Å²) < 4.78 is 129. The van der Waals surface area contributed by atoms with Gasteiger partial charge in [0.15, 0.2) is 0 Å². The van der Waals surface area contributed by atoms with Crippen molar-refractivity contribution in [1.29, 1.82) is 0 Å². The minimum absolute atomic E-state index is 0.0452. The second kappa shape index (κ2) is 6.11. The molecule has 0 spiro atoms. The molecule has 0 aliphatic rings. The predicted octanol–water partition coefficient (Wildman–Crippen LogP) is 4.66. The topological polar surface area (TPSA) is 61.6 Å². The van der Waals surface area contributed by atoms with Gasteiger partial charge in [-0.25, -0.2) is 0 Å². The highest BCUT2D eigenvalue weighted by Gasteiger charge is 2.62. The van der Waals surface area contributed by atoms with Crippen molar-refractivity contribution in [2.24, 2.45) is 0 Å². The van der Waals surface area contributed by atoms with Crippen LogP contribution in [-0.2, 0) is 0 Å². The van der Waals surface area contributed by atoms with E-state index in [0.29, 0.717) is 0 Å². The summed E-state index contributed by atoms with van der Waals surface area (Å²) in [5, 5.41) is 10.5. The smallest absolute Gasteiger partial charge is 0.426 e. The Morgan fingerprint density at radius 3 is 1.64 bits per heavy atom. The van der Waals surface area contributed by atoms with Gasteiger partial charge in [0, 0.05) is 12.1 Å². The van der Waals surface area contributed by atoms with Gasteiger partial charge in [-0.3, -0.25) is 10.1 Å². The normalized spacial score (nSPS) is 13.5. The van der Waals surface area contributed by atoms with Crippen molar-refractivity contribution in [2.75, 3.05) is 0 Å². The molecule has 0 saturated heterocycles. The molecule has 0 bridgehead atoms. The second-order valence-electron chi connectivity index (χ2n) is 4.12.